The van der Waals surface area contributed by atoms with Crippen molar-refractivity contribution in [2.75, 3.05) is 6.61 Å². The van der Waals surface area contributed by atoms with Crippen LogP contribution in [0.25, 0.3) is 0 Å². The van der Waals surface area contributed by atoms with Gasteiger partial charge in [0, 0.05) is 0 Å². The molecule has 6 nitrogen and oxygen atoms in total. The number of aliphatic carboxylic acids is 1. The minimum atomic E-state index is -4.57. The topological polar surface area (TPSA) is 89.9 Å². The van der Waals surface area contributed by atoms with Crippen molar-refractivity contribution >= 4 is 17.9 Å². The molecular formula is C15H17F3O6. The fraction of sp³-hybridized carbons (Fsp3) is 0.800. The normalized spacial score (nSPS) is 37.1. The molecule has 4 rings (SSSR count). The zero-order valence-electron chi connectivity index (χ0n) is 12.7. The molecule has 0 spiro atoms. The number of halogens is 3. The van der Waals surface area contributed by atoms with Crippen LogP contribution in [0.5, 0.6) is 0 Å². The molecule has 0 aromatic carbocycles. The Morgan fingerprint density at radius 3 is 2.17 bits per heavy atom. The molecule has 4 fully saturated rings. The summed E-state index contributed by atoms with van der Waals surface area (Å²) in [4.78, 5) is 34.2. The molecule has 24 heavy (non-hydrogen) atoms. The quantitative estimate of drug-likeness (QED) is 0.618. The predicted octanol–water partition coefficient (Wildman–Crippen LogP) is 1.91. The van der Waals surface area contributed by atoms with Gasteiger partial charge in [0.25, 0.3) is 0 Å². The lowest BCUT2D eigenvalue weighted by atomic mass is 9.48. The molecule has 0 saturated heterocycles. The minimum absolute atomic E-state index is 0.167. The number of hydrogen-bond acceptors (Lipinski definition) is 5. The molecular weight excluding hydrogens is 333 g/mol. The Balaban J connectivity index is 1.71. The van der Waals surface area contributed by atoms with Gasteiger partial charge in [0.15, 0.2) is 6.61 Å². The van der Waals surface area contributed by atoms with Crippen molar-refractivity contribution in [3.05, 3.63) is 0 Å². The molecule has 0 heterocycles. The van der Waals surface area contributed by atoms with Crippen LogP contribution < -0.4 is 0 Å². The van der Waals surface area contributed by atoms with Gasteiger partial charge in [0.2, 0.25) is 0 Å². The smallest absolute Gasteiger partial charge is 0.422 e. The van der Waals surface area contributed by atoms with Crippen molar-refractivity contribution in [3.8, 4) is 0 Å². The lowest BCUT2D eigenvalue weighted by Gasteiger charge is -2.57. The Hall–Kier alpha value is -1.80. The first-order valence-electron chi connectivity index (χ1n) is 7.77. The van der Waals surface area contributed by atoms with Crippen LogP contribution in [0.4, 0.5) is 13.2 Å². The summed E-state index contributed by atoms with van der Waals surface area (Å²) in [6.07, 6.45) is -2.77. The van der Waals surface area contributed by atoms with Crippen molar-refractivity contribution in [1.29, 1.82) is 0 Å². The number of carbonyl (C=O) groups is 3. The Morgan fingerprint density at radius 2 is 1.67 bits per heavy atom. The molecule has 2 atom stereocenters. The fourth-order valence-corrected chi connectivity index (χ4v) is 4.89. The van der Waals surface area contributed by atoms with E-state index in [9.17, 15) is 27.6 Å². The van der Waals surface area contributed by atoms with Crippen LogP contribution in [0.1, 0.15) is 32.1 Å². The number of alkyl halides is 3. The first kappa shape index (κ1) is 17.0. The van der Waals surface area contributed by atoms with E-state index in [0.29, 0.717) is 19.3 Å². The highest BCUT2D eigenvalue weighted by Crippen LogP contribution is 2.61. The van der Waals surface area contributed by atoms with E-state index < -0.39 is 42.2 Å². The molecule has 4 aliphatic carbocycles. The van der Waals surface area contributed by atoms with E-state index in [2.05, 4.69) is 4.74 Å². The summed E-state index contributed by atoms with van der Waals surface area (Å²) in [6, 6.07) is 0. The molecule has 0 aromatic heterocycles. The Bertz CT molecular complexity index is 556. The van der Waals surface area contributed by atoms with Gasteiger partial charge in [-0.25, -0.2) is 9.59 Å². The largest absolute Gasteiger partial charge is 0.473 e. The van der Waals surface area contributed by atoms with Gasteiger partial charge in [-0.15, -0.1) is 0 Å². The van der Waals surface area contributed by atoms with Crippen LogP contribution in [0, 0.1) is 23.2 Å². The third-order valence-electron chi connectivity index (χ3n) is 5.40. The molecule has 4 saturated carbocycles. The summed E-state index contributed by atoms with van der Waals surface area (Å²) < 4.78 is 46.4. The molecule has 9 heteroatoms. The second-order valence-electron chi connectivity index (χ2n) is 7.12. The van der Waals surface area contributed by atoms with Gasteiger partial charge < -0.3 is 14.6 Å². The number of esters is 2. The Morgan fingerprint density at radius 1 is 1.08 bits per heavy atom. The second-order valence-corrected chi connectivity index (χ2v) is 7.12. The molecule has 1 N–H and O–H groups in total. The van der Waals surface area contributed by atoms with E-state index >= 15 is 0 Å². The maximum atomic E-state index is 12.3. The zero-order valence-corrected chi connectivity index (χ0v) is 12.7. The van der Waals surface area contributed by atoms with E-state index in [-0.39, 0.29) is 30.6 Å². The third kappa shape index (κ3) is 3.08. The minimum Gasteiger partial charge on any atom is -0.473 e. The Kier molecular flexibility index (Phi) is 4.00. The first-order chi connectivity index (χ1) is 11.1. The number of carboxylic acids is 1. The number of carboxylic acid groups (broad SMARTS) is 1. The summed E-state index contributed by atoms with van der Waals surface area (Å²) in [5.74, 6) is -4.11. The summed E-state index contributed by atoms with van der Waals surface area (Å²) in [5, 5.41) is 8.67. The van der Waals surface area contributed by atoms with E-state index in [1.165, 1.54) is 0 Å². The molecule has 4 bridgehead atoms. The molecule has 2 unspecified atom stereocenters. The van der Waals surface area contributed by atoms with Crippen molar-refractivity contribution in [3.63, 3.8) is 0 Å². The van der Waals surface area contributed by atoms with E-state index in [0.717, 1.165) is 0 Å². The fourth-order valence-electron chi connectivity index (χ4n) is 4.89. The van der Waals surface area contributed by atoms with Crippen LogP contribution in [0.2, 0.25) is 0 Å². The molecule has 0 amide bonds. The van der Waals surface area contributed by atoms with Gasteiger partial charge in [0.1, 0.15) is 6.10 Å². The van der Waals surface area contributed by atoms with Gasteiger partial charge >= 0.3 is 24.1 Å². The van der Waals surface area contributed by atoms with E-state index in [4.69, 9.17) is 9.84 Å². The zero-order chi connectivity index (χ0) is 17.7. The van der Waals surface area contributed by atoms with Gasteiger partial charge in [-0.3, -0.25) is 4.79 Å². The lowest BCUT2D eigenvalue weighted by molar-refractivity contribution is -0.213. The van der Waals surface area contributed by atoms with Crippen LogP contribution in [0.3, 0.4) is 0 Å². The predicted molar refractivity (Wildman–Crippen MR) is 70.5 cm³/mol. The standard InChI is InChI=1S/C15H17F3O6/c16-15(17,18)6-23-13(22)14-3-7-1-8(4-14)10(9(2-7)5-14)24-12(21)11(19)20/h7-10H,1-6H2,(H,19,20). The molecule has 4 aliphatic rings. The Labute approximate surface area is 135 Å². The SMILES string of the molecule is O=C(O)C(=O)OC1C2CC3CC1CC(C(=O)OCC(F)(F)F)(C3)C2. The van der Waals surface area contributed by atoms with Crippen molar-refractivity contribution in [2.45, 2.75) is 44.4 Å². The summed E-state index contributed by atoms with van der Waals surface area (Å²) in [6.45, 7) is -1.61. The molecule has 0 radical (unpaired) electrons. The van der Waals surface area contributed by atoms with E-state index in [1.807, 2.05) is 0 Å². The van der Waals surface area contributed by atoms with Crippen LogP contribution in [0.15, 0.2) is 0 Å². The molecule has 134 valence electrons. The number of carbonyl (C=O) groups excluding carboxylic acids is 2. The van der Waals surface area contributed by atoms with Gasteiger partial charge in [-0.05, 0) is 49.9 Å². The number of rotatable bonds is 3. The van der Waals surface area contributed by atoms with Gasteiger partial charge in [0.05, 0.1) is 5.41 Å². The van der Waals surface area contributed by atoms with Gasteiger partial charge in [-0.1, -0.05) is 0 Å². The number of hydrogen-bond donors (Lipinski definition) is 1. The maximum absolute atomic E-state index is 12.3. The second kappa shape index (κ2) is 5.63. The average molecular weight is 350 g/mol. The van der Waals surface area contributed by atoms with E-state index in [1.54, 1.807) is 0 Å². The highest BCUT2D eigenvalue weighted by molar-refractivity contribution is 6.28. The highest BCUT2D eigenvalue weighted by atomic mass is 19.4. The average Bonchev–Trinajstić information content (AvgIpc) is 2.46. The summed E-state index contributed by atoms with van der Waals surface area (Å²) >= 11 is 0. The third-order valence-corrected chi connectivity index (χ3v) is 5.40. The van der Waals surface area contributed by atoms with Crippen LogP contribution in [-0.2, 0) is 23.9 Å². The highest BCUT2D eigenvalue weighted by Gasteiger charge is 2.60. The van der Waals surface area contributed by atoms with Gasteiger partial charge in [-0.2, -0.15) is 13.2 Å². The monoisotopic (exact) mass is 350 g/mol. The van der Waals surface area contributed by atoms with Crippen molar-refractivity contribution in [2.24, 2.45) is 23.2 Å². The summed E-state index contributed by atoms with van der Waals surface area (Å²) in [7, 11) is 0. The molecule has 0 aliphatic heterocycles. The van der Waals surface area contributed by atoms with Crippen molar-refractivity contribution < 1.29 is 42.1 Å². The van der Waals surface area contributed by atoms with Crippen LogP contribution >= 0.6 is 0 Å². The maximum Gasteiger partial charge on any atom is 0.422 e. The summed E-state index contributed by atoms with van der Waals surface area (Å²) in [5.41, 5.74) is -0.964. The first-order valence-corrected chi connectivity index (χ1v) is 7.77. The molecule has 0 aromatic rings. The van der Waals surface area contributed by atoms with Crippen molar-refractivity contribution in [1.82, 2.24) is 0 Å². The van der Waals surface area contributed by atoms with Crippen LogP contribution in [-0.4, -0.2) is 41.9 Å². The number of ether oxygens (including phenoxy) is 2. The lowest BCUT2D eigenvalue weighted by Crippen LogP contribution is -2.58.